The van der Waals surface area contributed by atoms with Gasteiger partial charge in [0.2, 0.25) is 0 Å². The molecule has 2 aromatic rings. The van der Waals surface area contributed by atoms with Crippen molar-refractivity contribution < 1.29 is 0 Å². The molecule has 0 aliphatic heterocycles. The molecular formula is C17H19. The molecule has 1 radical (unpaired) electrons. The van der Waals surface area contributed by atoms with Gasteiger partial charge in [-0.25, -0.2) is 0 Å². The zero-order valence-electron chi connectivity index (χ0n) is 10.4. The highest BCUT2D eigenvalue weighted by Gasteiger charge is 2.09. The van der Waals surface area contributed by atoms with Gasteiger partial charge in [-0.2, -0.15) is 0 Å². The van der Waals surface area contributed by atoms with Crippen molar-refractivity contribution in [3.63, 3.8) is 0 Å². The number of hydrogen-bond acceptors (Lipinski definition) is 0. The Bertz CT molecular complexity index is 439. The molecule has 0 aromatic heterocycles. The Morgan fingerprint density at radius 1 is 0.941 bits per heavy atom. The molecular weight excluding hydrogens is 204 g/mol. The minimum absolute atomic E-state index is 0.527. The Hall–Kier alpha value is -1.56. The van der Waals surface area contributed by atoms with E-state index in [0.29, 0.717) is 5.92 Å². The van der Waals surface area contributed by atoms with Gasteiger partial charge in [-0.15, -0.1) is 0 Å². The third-order valence-electron chi connectivity index (χ3n) is 3.22. The summed E-state index contributed by atoms with van der Waals surface area (Å²) in [7, 11) is 0. The van der Waals surface area contributed by atoms with Crippen molar-refractivity contribution in [3.05, 3.63) is 78.2 Å². The summed E-state index contributed by atoms with van der Waals surface area (Å²) in [4.78, 5) is 0. The van der Waals surface area contributed by atoms with Crippen molar-refractivity contribution in [1.82, 2.24) is 0 Å². The van der Waals surface area contributed by atoms with E-state index in [1.165, 1.54) is 16.7 Å². The molecule has 0 saturated carbocycles. The van der Waals surface area contributed by atoms with E-state index in [2.05, 4.69) is 68.4 Å². The lowest BCUT2D eigenvalue weighted by Gasteiger charge is -2.15. The number of hydrogen-bond donors (Lipinski definition) is 0. The van der Waals surface area contributed by atoms with Crippen LogP contribution in [0.3, 0.4) is 0 Å². The maximum Gasteiger partial charge on any atom is -0.0121 e. The summed E-state index contributed by atoms with van der Waals surface area (Å²) in [6, 6.07) is 19.5. The van der Waals surface area contributed by atoms with Gasteiger partial charge in [-0.3, -0.25) is 0 Å². The molecule has 0 saturated heterocycles. The van der Waals surface area contributed by atoms with Crippen molar-refractivity contribution in [2.45, 2.75) is 25.7 Å². The lowest BCUT2D eigenvalue weighted by molar-refractivity contribution is 0.693. The van der Waals surface area contributed by atoms with Gasteiger partial charge in [0.25, 0.3) is 0 Å². The summed E-state index contributed by atoms with van der Waals surface area (Å²) in [5.74, 6) is 0.527. The first-order valence-electron chi connectivity index (χ1n) is 6.19. The fraction of sp³-hybridized carbons (Fsp3) is 0.235. The third kappa shape index (κ3) is 3.20. The van der Waals surface area contributed by atoms with Crippen molar-refractivity contribution in [1.29, 1.82) is 0 Å². The monoisotopic (exact) mass is 223 g/mol. The molecule has 0 aliphatic rings. The quantitative estimate of drug-likeness (QED) is 0.713. The Morgan fingerprint density at radius 3 is 2.18 bits per heavy atom. The highest BCUT2D eigenvalue weighted by molar-refractivity contribution is 5.26. The van der Waals surface area contributed by atoms with Crippen molar-refractivity contribution in [3.8, 4) is 0 Å². The van der Waals surface area contributed by atoms with E-state index in [9.17, 15) is 0 Å². The summed E-state index contributed by atoms with van der Waals surface area (Å²) >= 11 is 0. The molecule has 17 heavy (non-hydrogen) atoms. The first-order chi connectivity index (χ1) is 8.29. The van der Waals surface area contributed by atoms with Crippen LogP contribution in [0.25, 0.3) is 0 Å². The van der Waals surface area contributed by atoms with E-state index in [4.69, 9.17) is 0 Å². The standard InChI is InChI=1S/C17H19/c1-3-16(17-7-5-4-6-8-17)13-15-11-9-14(2)10-12-15/h4-12,16H,1,3,13H2,2H3. The average molecular weight is 223 g/mol. The van der Waals surface area contributed by atoms with Gasteiger partial charge in [0.05, 0.1) is 0 Å². The van der Waals surface area contributed by atoms with Gasteiger partial charge >= 0.3 is 0 Å². The molecule has 2 aromatic carbocycles. The molecule has 0 amide bonds. The topological polar surface area (TPSA) is 0 Å². The second kappa shape index (κ2) is 5.67. The predicted molar refractivity (Wildman–Crippen MR) is 74.0 cm³/mol. The Labute approximate surface area is 104 Å². The largest absolute Gasteiger partial charge is 0.0622 e. The van der Waals surface area contributed by atoms with E-state index in [0.717, 1.165) is 12.8 Å². The predicted octanol–water partition coefficient (Wildman–Crippen LogP) is 4.55. The van der Waals surface area contributed by atoms with Crippen LogP contribution >= 0.6 is 0 Å². The SMILES string of the molecule is [CH2]CC(Cc1ccc(C)cc1)c1ccccc1. The minimum atomic E-state index is 0.527. The molecule has 0 aliphatic carbocycles. The Morgan fingerprint density at radius 2 is 1.59 bits per heavy atom. The average Bonchev–Trinajstić information content (AvgIpc) is 2.39. The van der Waals surface area contributed by atoms with Gasteiger partial charge in [-0.1, -0.05) is 67.1 Å². The van der Waals surface area contributed by atoms with Crippen molar-refractivity contribution >= 4 is 0 Å². The Kier molecular flexibility index (Phi) is 3.98. The molecule has 0 nitrogen and oxygen atoms in total. The van der Waals surface area contributed by atoms with Crippen molar-refractivity contribution in [2.75, 3.05) is 0 Å². The van der Waals surface area contributed by atoms with Crippen LogP contribution in [0.5, 0.6) is 0 Å². The lowest BCUT2D eigenvalue weighted by atomic mass is 9.90. The van der Waals surface area contributed by atoms with Crippen LogP contribution in [0.4, 0.5) is 0 Å². The fourth-order valence-electron chi connectivity index (χ4n) is 2.12. The summed E-state index contributed by atoms with van der Waals surface area (Å²) < 4.78 is 0. The molecule has 0 heteroatoms. The van der Waals surface area contributed by atoms with Gasteiger partial charge in [0.1, 0.15) is 0 Å². The van der Waals surface area contributed by atoms with Gasteiger partial charge in [0.15, 0.2) is 0 Å². The molecule has 0 spiro atoms. The van der Waals surface area contributed by atoms with E-state index in [1.54, 1.807) is 0 Å². The molecule has 1 atom stereocenters. The molecule has 87 valence electrons. The van der Waals surface area contributed by atoms with Crippen LogP contribution < -0.4 is 0 Å². The van der Waals surface area contributed by atoms with Crippen LogP contribution in [0, 0.1) is 13.8 Å². The van der Waals surface area contributed by atoms with Crippen LogP contribution in [0.1, 0.15) is 29.0 Å². The molecule has 0 N–H and O–H groups in total. The normalized spacial score (nSPS) is 12.4. The summed E-state index contributed by atoms with van der Waals surface area (Å²) in [5, 5.41) is 0. The summed E-state index contributed by atoms with van der Waals surface area (Å²) in [6.45, 7) is 6.20. The van der Waals surface area contributed by atoms with Crippen molar-refractivity contribution in [2.24, 2.45) is 0 Å². The van der Waals surface area contributed by atoms with Gasteiger partial charge < -0.3 is 0 Å². The summed E-state index contributed by atoms with van der Waals surface area (Å²) in [5.41, 5.74) is 4.11. The zero-order valence-corrected chi connectivity index (χ0v) is 10.4. The number of aryl methyl sites for hydroxylation is 1. The van der Waals surface area contributed by atoms with Gasteiger partial charge in [0, 0.05) is 0 Å². The first-order valence-corrected chi connectivity index (χ1v) is 6.19. The van der Waals surface area contributed by atoms with Crippen LogP contribution in [0.2, 0.25) is 0 Å². The second-order valence-corrected chi connectivity index (χ2v) is 4.59. The van der Waals surface area contributed by atoms with Gasteiger partial charge in [-0.05, 0) is 36.8 Å². The molecule has 2 rings (SSSR count). The smallest absolute Gasteiger partial charge is 0.0121 e. The maximum absolute atomic E-state index is 4.08. The summed E-state index contributed by atoms with van der Waals surface area (Å²) in [6.07, 6.45) is 2.02. The van der Waals surface area contributed by atoms with E-state index >= 15 is 0 Å². The lowest BCUT2D eigenvalue weighted by Crippen LogP contribution is -2.01. The molecule has 0 heterocycles. The van der Waals surface area contributed by atoms with Crippen LogP contribution in [0.15, 0.2) is 54.6 Å². The van der Waals surface area contributed by atoms with E-state index in [-0.39, 0.29) is 0 Å². The molecule has 0 bridgehead atoms. The zero-order chi connectivity index (χ0) is 12.1. The van der Waals surface area contributed by atoms with Crippen LogP contribution in [-0.2, 0) is 6.42 Å². The number of rotatable bonds is 4. The fourth-order valence-corrected chi connectivity index (χ4v) is 2.12. The van der Waals surface area contributed by atoms with E-state index in [1.807, 2.05) is 0 Å². The van der Waals surface area contributed by atoms with Crippen LogP contribution in [-0.4, -0.2) is 0 Å². The minimum Gasteiger partial charge on any atom is -0.0622 e. The maximum atomic E-state index is 4.08. The highest BCUT2D eigenvalue weighted by atomic mass is 14.1. The third-order valence-corrected chi connectivity index (χ3v) is 3.22. The molecule has 0 fully saturated rings. The number of benzene rings is 2. The second-order valence-electron chi connectivity index (χ2n) is 4.59. The first kappa shape index (κ1) is 11.9. The molecule has 1 unspecified atom stereocenters. The van der Waals surface area contributed by atoms with E-state index < -0.39 is 0 Å². The Balaban J connectivity index is 2.13. The highest BCUT2D eigenvalue weighted by Crippen LogP contribution is 2.23.